The Balaban J connectivity index is 2.18. The SMILES string of the molecule is NCc1ccc(NC(=O)c2cc(F)ccc2O)nc1. The Morgan fingerprint density at radius 1 is 1.37 bits per heavy atom. The highest BCUT2D eigenvalue weighted by atomic mass is 19.1. The maximum Gasteiger partial charge on any atom is 0.260 e. The average Bonchev–Trinajstić information content (AvgIpc) is 2.42. The van der Waals surface area contributed by atoms with Gasteiger partial charge in [-0.2, -0.15) is 0 Å². The van der Waals surface area contributed by atoms with Crippen LogP contribution in [0.2, 0.25) is 0 Å². The molecule has 4 N–H and O–H groups in total. The lowest BCUT2D eigenvalue weighted by Crippen LogP contribution is -2.13. The van der Waals surface area contributed by atoms with Crippen molar-refractivity contribution in [1.29, 1.82) is 0 Å². The number of halogens is 1. The third-order valence-corrected chi connectivity index (χ3v) is 2.51. The molecular weight excluding hydrogens is 249 g/mol. The fourth-order valence-electron chi connectivity index (χ4n) is 1.49. The van der Waals surface area contributed by atoms with Crippen LogP contribution in [0.4, 0.5) is 10.2 Å². The van der Waals surface area contributed by atoms with Crippen molar-refractivity contribution in [3.8, 4) is 5.75 Å². The highest BCUT2D eigenvalue weighted by Crippen LogP contribution is 2.19. The van der Waals surface area contributed by atoms with E-state index in [1.807, 2.05) is 0 Å². The molecule has 1 heterocycles. The van der Waals surface area contributed by atoms with Crippen molar-refractivity contribution >= 4 is 11.7 Å². The Morgan fingerprint density at radius 3 is 2.79 bits per heavy atom. The first-order valence-corrected chi connectivity index (χ1v) is 5.55. The summed E-state index contributed by atoms with van der Waals surface area (Å²) in [6.45, 7) is 0.353. The molecule has 2 rings (SSSR count). The number of nitrogens with two attached hydrogens (primary N) is 1. The fraction of sp³-hybridized carbons (Fsp3) is 0.0769. The van der Waals surface area contributed by atoms with Crippen LogP contribution in [-0.2, 0) is 6.54 Å². The van der Waals surface area contributed by atoms with Crippen LogP contribution >= 0.6 is 0 Å². The summed E-state index contributed by atoms with van der Waals surface area (Å²) in [6, 6.07) is 6.44. The molecule has 0 aliphatic rings. The van der Waals surface area contributed by atoms with Crippen molar-refractivity contribution in [2.45, 2.75) is 6.54 Å². The molecule has 0 fully saturated rings. The number of nitrogens with one attached hydrogen (secondary N) is 1. The van der Waals surface area contributed by atoms with E-state index in [0.717, 1.165) is 23.8 Å². The van der Waals surface area contributed by atoms with Crippen molar-refractivity contribution in [2.75, 3.05) is 5.32 Å². The zero-order chi connectivity index (χ0) is 13.8. The normalized spacial score (nSPS) is 10.2. The molecule has 0 saturated heterocycles. The van der Waals surface area contributed by atoms with Gasteiger partial charge in [0.1, 0.15) is 17.4 Å². The summed E-state index contributed by atoms with van der Waals surface area (Å²) in [6.07, 6.45) is 1.53. The van der Waals surface area contributed by atoms with E-state index in [1.165, 1.54) is 6.20 Å². The van der Waals surface area contributed by atoms with Gasteiger partial charge in [-0.1, -0.05) is 6.07 Å². The molecule has 6 heteroatoms. The lowest BCUT2D eigenvalue weighted by molar-refractivity contribution is 0.102. The number of phenolic OH excluding ortho intramolecular Hbond substituents is 1. The smallest absolute Gasteiger partial charge is 0.260 e. The Labute approximate surface area is 108 Å². The molecule has 0 spiro atoms. The van der Waals surface area contributed by atoms with E-state index in [4.69, 9.17) is 5.73 Å². The lowest BCUT2D eigenvalue weighted by Gasteiger charge is -2.06. The van der Waals surface area contributed by atoms with Crippen molar-refractivity contribution in [2.24, 2.45) is 5.73 Å². The predicted molar refractivity (Wildman–Crippen MR) is 68.1 cm³/mol. The predicted octanol–water partition coefficient (Wildman–Crippen LogP) is 1.64. The molecule has 1 amide bonds. The van der Waals surface area contributed by atoms with E-state index in [0.29, 0.717) is 12.4 Å². The largest absolute Gasteiger partial charge is 0.507 e. The van der Waals surface area contributed by atoms with Crippen LogP contribution in [0, 0.1) is 5.82 Å². The topological polar surface area (TPSA) is 88.2 Å². The van der Waals surface area contributed by atoms with E-state index < -0.39 is 11.7 Å². The second kappa shape index (κ2) is 5.45. The summed E-state index contributed by atoms with van der Waals surface area (Å²) < 4.78 is 13.0. The highest BCUT2D eigenvalue weighted by Gasteiger charge is 2.12. The standard InChI is InChI=1S/C13H12FN3O2/c14-9-2-3-11(18)10(5-9)13(19)17-12-4-1-8(6-15)7-16-12/h1-5,7,18H,6,15H2,(H,16,17,19). The summed E-state index contributed by atoms with van der Waals surface area (Å²) in [7, 11) is 0. The van der Waals surface area contributed by atoms with Gasteiger partial charge in [-0.25, -0.2) is 9.37 Å². The maximum absolute atomic E-state index is 13.0. The number of hydrogen-bond donors (Lipinski definition) is 3. The molecule has 0 aliphatic heterocycles. The van der Waals surface area contributed by atoms with Gasteiger partial charge < -0.3 is 16.2 Å². The quantitative estimate of drug-likeness (QED) is 0.783. The second-order valence-electron chi connectivity index (χ2n) is 3.87. The summed E-state index contributed by atoms with van der Waals surface area (Å²) in [5.41, 5.74) is 6.10. The number of phenols is 1. The van der Waals surface area contributed by atoms with Gasteiger partial charge in [-0.15, -0.1) is 0 Å². The zero-order valence-corrected chi connectivity index (χ0v) is 9.93. The van der Waals surface area contributed by atoms with Gasteiger partial charge in [0, 0.05) is 12.7 Å². The molecule has 5 nitrogen and oxygen atoms in total. The molecule has 0 saturated carbocycles. The van der Waals surface area contributed by atoms with Crippen LogP contribution in [-0.4, -0.2) is 16.0 Å². The number of pyridine rings is 1. The number of hydrogen-bond acceptors (Lipinski definition) is 4. The second-order valence-corrected chi connectivity index (χ2v) is 3.87. The van der Waals surface area contributed by atoms with Crippen molar-refractivity contribution in [3.05, 3.63) is 53.5 Å². The molecule has 1 aromatic heterocycles. The van der Waals surface area contributed by atoms with E-state index in [2.05, 4.69) is 10.3 Å². The third kappa shape index (κ3) is 3.05. The van der Waals surface area contributed by atoms with E-state index in [-0.39, 0.29) is 11.3 Å². The summed E-state index contributed by atoms with van der Waals surface area (Å²) in [5.74, 6) is -1.23. The Bertz CT molecular complexity index is 599. The highest BCUT2D eigenvalue weighted by molar-refractivity contribution is 6.05. The molecule has 1 aromatic carbocycles. The lowest BCUT2D eigenvalue weighted by atomic mass is 10.2. The summed E-state index contributed by atoms with van der Waals surface area (Å²) >= 11 is 0. The first-order valence-electron chi connectivity index (χ1n) is 5.55. The van der Waals surface area contributed by atoms with Crippen LogP contribution in [0.15, 0.2) is 36.5 Å². The molecule has 0 aliphatic carbocycles. The number of rotatable bonds is 3. The Morgan fingerprint density at radius 2 is 2.16 bits per heavy atom. The van der Waals surface area contributed by atoms with Gasteiger partial charge in [0.05, 0.1) is 5.56 Å². The molecule has 0 atom stereocenters. The van der Waals surface area contributed by atoms with Gasteiger partial charge in [0.15, 0.2) is 0 Å². The number of amides is 1. The minimum Gasteiger partial charge on any atom is -0.507 e. The van der Waals surface area contributed by atoms with Gasteiger partial charge in [0.2, 0.25) is 0 Å². The zero-order valence-electron chi connectivity index (χ0n) is 9.93. The summed E-state index contributed by atoms with van der Waals surface area (Å²) in [5, 5.41) is 12.0. The van der Waals surface area contributed by atoms with Gasteiger partial charge in [0.25, 0.3) is 5.91 Å². The van der Waals surface area contributed by atoms with Crippen molar-refractivity contribution < 1.29 is 14.3 Å². The van der Waals surface area contributed by atoms with Gasteiger partial charge in [-0.3, -0.25) is 4.79 Å². The molecule has 0 bridgehead atoms. The number of carbonyl (C=O) groups excluding carboxylic acids is 1. The minimum atomic E-state index is -0.634. The van der Waals surface area contributed by atoms with Gasteiger partial charge in [-0.05, 0) is 29.8 Å². The van der Waals surface area contributed by atoms with Crippen LogP contribution in [0.1, 0.15) is 15.9 Å². The van der Waals surface area contributed by atoms with Crippen molar-refractivity contribution in [3.63, 3.8) is 0 Å². The fourth-order valence-corrected chi connectivity index (χ4v) is 1.49. The van der Waals surface area contributed by atoms with Crippen LogP contribution in [0.5, 0.6) is 5.75 Å². The number of anilines is 1. The molecule has 98 valence electrons. The van der Waals surface area contributed by atoms with E-state index >= 15 is 0 Å². The van der Waals surface area contributed by atoms with Crippen LogP contribution in [0.3, 0.4) is 0 Å². The van der Waals surface area contributed by atoms with Crippen LogP contribution in [0.25, 0.3) is 0 Å². The number of nitrogens with zero attached hydrogens (tertiary/aromatic N) is 1. The van der Waals surface area contributed by atoms with Crippen molar-refractivity contribution in [1.82, 2.24) is 4.98 Å². The minimum absolute atomic E-state index is 0.148. The van der Waals surface area contributed by atoms with Crippen LogP contribution < -0.4 is 11.1 Å². The van der Waals surface area contributed by atoms with E-state index in [9.17, 15) is 14.3 Å². The summed E-state index contributed by atoms with van der Waals surface area (Å²) in [4.78, 5) is 15.8. The average molecular weight is 261 g/mol. The van der Waals surface area contributed by atoms with Gasteiger partial charge >= 0.3 is 0 Å². The first kappa shape index (κ1) is 13.0. The number of aromatic nitrogens is 1. The maximum atomic E-state index is 13.0. The molecule has 19 heavy (non-hydrogen) atoms. The third-order valence-electron chi connectivity index (χ3n) is 2.51. The molecule has 0 unspecified atom stereocenters. The van der Waals surface area contributed by atoms with E-state index in [1.54, 1.807) is 12.1 Å². The Hall–Kier alpha value is -2.47. The number of benzene rings is 1. The number of aromatic hydroxyl groups is 1. The Kier molecular flexibility index (Phi) is 3.72. The first-order chi connectivity index (χ1) is 9.10. The molecule has 2 aromatic rings. The monoisotopic (exact) mass is 261 g/mol. The number of carbonyl (C=O) groups is 1. The molecular formula is C13H12FN3O2. The molecule has 0 radical (unpaired) electrons.